The van der Waals surface area contributed by atoms with Crippen LogP contribution in [0.5, 0.6) is 11.5 Å². The third-order valence-corrected chi connectivity index (χ3v) is 5.01. The van der Waals surface area contributed by atoms with E-state index in [9.17, 15) is 9.18 Å². The van der Waals surface area contributed by atoms with Crippen LogP contribution >= 0.6 is 0 Å². The molecule has 0 fully saturated rings. The number of anilines is 1. The number of nitrogens with zero attached hydrogens (tertiary/aromatic N) is 1. The summed E-state index contributed by atoms with van der Waals surface area (Å²) in [5, 5.41) is 3.32. The van der Waals surface area contributed by atoms with Crippen molar-refractivity contribution in [2.45, 2.75) is 12.7 Å². The Kier molecular flexibility index (Phi) is 3.90. The molecule has 0 unspecified atom stereocenters. The van der Waals surface area contributed by atoms with Gasteiger partial charge in [0.2, 0.25) is 6.79 Å². The van der Waals surface area contributed by atoms with Gasteiger partial charge in [0.1, 0.15) is 12.0 Å². The number of rotatable bonds is 3. The largest absolute Gasteiger partial charge is 0.454 e. The van der Waals surface area contributed by atoms with Gasteiger partial charge in [-0.1, -0.05) is 36.4 Å². The Hall–Kier alpha value is -3.54. The van der Waals surface area contributed by atoms with Crippen molar-refractivity contribution in [3.63, 3.8) is 0 Å². The molecule has 3 aromatic carbocycles. The molecule has 1 amide bonds. The van der Waals surface area contributed by atoms with Crippen LogP contribution in [0.1, 0.15) is 27.7 Å². The third-order valence-electron chi connectivity index (χ3n) is 5.01. The van der Waals surface area contributed by atoms with Crippen molar-refractivity contribution < 1.29 is 18.7 Å². The molecule has 140 valence electrons. The number of para-hydroxylation sites is 1. The van der Waals surface area contributed by atoms with Crippen LogP contribution in [0.25, 0.3) is 0 Å². The van der Waals surface area contributed by atoms with Crippen molar-refractivity contribution in [2.24, 2.45) is 0 Å². The van der Waals surface area contributed by atoms with Gasteiger partial charge in [-0.25, -0.2) is 4.39 Å². The second-order valence-corrected chi connectivity index (χ2v) is 6.73. The monoisotopic (exact) mass is 376 g/mol. The molecule has 5 rings (SSSR count). The topological polar surface area (TPSA) is 50.8 Å². The van der Waals surface area contributed by atoms with Crippen molar-refractivity contribution in [2.75, 3.05) is 12.1 Å². The van der Waals surface area contributed by atoms with E-state index in [1.54, 1.807) is 29.2 Å². The van der Waals surface area contributed by atoms with Crippen LogP contribution in [-0.2, 0) is 6.54 Å². The highest BCUT2D eigenvalue weighted by atomic mass is 19.1. The zero-order valence-electron chi connectivity index (χ0n) is 14.9. The van der Waals surface area contributed by atoms with Gasteiger partial charge in [0.05, 0.1) is 5.56 Å². The Morgan fingerprint density at radius 3 is 2.68 bits per heavy atom. The molecule has 0 aliphatic carbocycles. The fraction of sp³-hybridized carbons (Fsp3) is 0.136. The molecule has 1 atom stereocenters. The molecule has 0 radical (unpaired) electrons. The molecule has 28 heavy (non-hydrogen) atoms. The summed E-state index contributed by atoms with van der Waals surface area (Å²) in [4.78, 5) is 14.9. The Bertz CT molecular complexity index is 1070. The highest BCUT2D eigenvalue weighted by Gasteiger charge is 2.34. The normalized spacial score (nSPS) is 17.2. The van der Waals surface area contributed by atoms with E-state index in [-0.39, 0.29) is 18.5 Å². The molecule has 0 saturated carbocycles. The first-order chi connectivity index (χ1) is 13.7. The van der Waals surface area contributed by atoms with E-state index in [2.05, 4.69) is 5.32 Å². The average Bonchev–Trinajstić information content (AvgIpc) is 3.18. The standard InChI is InChI=1S/C22H17FN2O3/c23-17-7-3-1-5-15(17)21-24-18-8-4-2-6-16(18)22(26)25(21)12-14-9-10-19-20(11-14)28-13-27-19/h1-11,21,24H,12-13H2/t21-/m0/s1. The first-order valence-corrected chi connectivity index (χ1v) is 9.00. The van der Waals surface area contributed by atoms with Crippen molar-refractivity contribution in [3.05, 3.63) is 89.2 Å². The van der Waals surface area contributed by atoms with Gasteiger partial charge < -0.3 is 19.7 Å². The minimum absolute atomic E-state index is 0.153. The summed E-state index contributed by atoms with van der Waals surface area (Å²) >= 11 is 0. The maximum atomic E-state index is 14.6. The summed E-state index contributed by atoms with van der Waals surface area (Å²) in [7, 11) is 0. The summed E-state index contributed by atoms with van der Waals surface area (Å²) in [5.74, 6) is 0.823. The predicted octanol–water partition coefficient (Wildman–Crippen LogP) is 4.32. The van der Waals surface area contributed by atoms with E-state index in [0.717, 1.165) is 5.56 Å². The van der Waals surface area contributed by atoms with Crippen LogP contribution < -0.4 is 14.8 Å². The SMILES string of the molecule is O=C1c2ccccc2N[C@H](c2ccccc2F)N1Cc1ccc2c(c1)OCO2. The second-order valence-electron chi connectivity index (χ2n) is 6.73. The molecule has 5 nitrogen and oxygen atoms in total. The molecule has 0 saturated heterocycles. The maximum Gasteiger partial charge on any atom is 0.258 e. The third kappa shape index (κ3) is 2.74. The average molecular weight is 376 g/mol. The van der Waals surface area contributed by atoms with Crippen LogP contribution in [0.15, 0.2) is 66.7 Å². The number of carbonyl (C=O) groups excluding carboxylic acids is 1. The lowest BCUT2D eigenvalue weighted by atomic mass is 10.0. The highest BCUT2D eigenvalue weighted by Crippen LogP contribution is 2.37. The molecular weight excluding hydrogens is 359 g/mol. The Morgan fingerprint density at radius 2 is 1.79 bits per heavy atom. The molecule has 1 N–H and O–H groups in total. The van der Waals surface area contributed by atoms with Crippen LogP contribution in [0.3, 0.4) is 0 Å². The maximum absolute atomic E-state index is 14.6. The van der Waals surface area contributed by atoms with E-state index in [0.29, 0.717) is 34.9 Å². The number of benzene rings is 3. The fourth-order valence-electron chi connectivity index (χ4n) is 3.63. The molecular formula is C22H17FN2O3. The summed E-state index contributed by atoms with van der Waals surface area (Å²) in [6.07, 6.45) is -0.617. The zero-order chi connectivity index (χ0) is 19.1. The van der Waals surface area contributed by atoms with E-state index in [1.807, 2.05) is 36.4 Å². The van der Waals surface area contributed by atoms with Crippen LogP contribution in [0.2, 0.25) is 0 Å². The van der Waals surface area contributed by atoms with E-state index in [1.165, 1.54) is 6.07 Å². The van der Waals surface area contributed by atoms with Crippen molar-refractivity contribution in [1.82, 2.24) is 4.90 Å². The molecule has 2 aliphatic rings. The smallest absolute Gasteiger partial charge is 0.258 e. The molecule has 0 spiro atoms. The first kappa shape index (κ1) is 16.6. The lowest BCUT2D eigenvalue weighted by Gasteiger charge is -2.38. The Labute approximate surface area is 161 Å². The Balaban J connectivity index is 1.56. The van der Waals surface area contributed by atoms with E-state index < -0.39 is 6.17 Å². The van der Waals surface area contributed by atoms with E-state index in [4.69, 9.17) is 9.47 Å². The molecule has 0 aromatic heterocycles. The van der Waals surface area contributed by atoms with Crippen LogP contribution in [-0.4, -0.2) is 17.6 Å². The zero-order valence-corrected chi connectivity index (χ0v) is 14.9. The van der Waals surface area contributed by atoms with Crippen molar-refractivity contribution in [3.8, 4) is 11.5 Å². The number of amides is 1. The minimum atomic E-state index is -0.617. The molecule has 2 aliphatic heterocycles. The lowest BCUT2D eigenvalue weighted by molar-refractivity contribution is 0.0663. The summed E-state index contributed by atoms with van der Waals surface area (Å²) < 4.78 is 25.3. The number of hydrogen-bond donors (Lipinski definition) is 1. The quantitative estimate of drug-likeness (QED) is 0.740. The molecule has 6 heteroatoms. The Morgan fingerprint density at radius 1 is 1.00 bits per heavy atom. The van der Waals surface area contributed by atoms with Gasteiger partial charge in [-0.05, 0) is 35.9 Å². The van der Waals surface area contributed by atoms with Gasteiger partial charge in [0, 0.05) is 17.8 Å². The van der Waals surface area contributed by atoms with Gasteiger partial charge in [-0.3, -0.25) is 4.79 Å². The summed E-state index contributed by atoms with van der Waals surface area (Å²) in [6, 6.07) is 19.4. The first-order valence-electron chi connectivity index (χ1n) is 9.00. The van der Waals surface area contributed by atoms with E-state index >= 15 is 0 Å². The number of ether oxygens (including phenoxy) is 2. The highest BCUT2D eigenvalue weighted by molar-refractivity contribution is 6.01. The number of carbonyl (C=O) groups is 1. The lowest BCUT2D eigenvalue weighted by Crippen LogP contribution is -2.42. The van der Waals surface area contributed by atoms with Gasteiger partial charge >= 0.3 is 0 Å². The number of fused-ring (bicyclic) bond motifs is 2. The predicted molar refractivity (Wildman–Crippen MR) is 102 cm³/mol. The number of halogens is 1. The summed E-state index contributed by atoms with van der Waals surface area (Å²) in [6.45, 7) is 0.490. The molecule has 2 heterocycles. The summed E-state index contributed by atoms with van der Waals surface area (Å²) in [5.41, 5.74) is 2.56. The van der Waals surface area contributed by atoms with Crippen molar-refractivity contribution >= 4 is 11.6 Å². The molecule has 0 bridgehead atoms. The van der Waals surface area contributed by atoms with Gasteiger partial charge in [0.25, 0.3) is 5.91 Å². The fourth-order valence-corrected chi connectivity index (χ4v) is 3.63. The minimum Gasteiger partial charge on any atom is -0.454 e. The van der Waals surface area contributed by atoms with Gasteiger partial charge in [-0.2, -0.15) is 0 Å². The van der Waals surface area contributed by atoms with Crippen molar-refractivity contribution in [1.29, 1.82) is 0 Å². The molecule has 3 aromatic rings. The van der Waals surface area contributed by atoms with Crippen LogP contribution in [0, 0.1) is 5.82 Å². The number of hydrogen-bond acceptors (Lipinski definition) is 4. The van der Waals surface area contributed by atoms with Crippen LogP contribution in [0.4, 0.5) is 10.1 Å². The van der Waals surface area contributed by atoms with Gasteiger partial charge in [-0.15, -0.1) is 0 Å². The second kappa shape index (κ2) is 6.56. The van der Waals surface area contributed by atoms with Gasteiger partial charge in [0.15, 0.2) is 11.5 Å². The number of nitrogens with one attached hydrogen (secondary N) is 1.